The van der Waals surface area contributed by atoms with Gasteiger partial charge in [-0.1, -0.05) is 12.1 Å². The number of ether oxygens (including phenoxy) is 1. The molecule has 22 heavy (non-hydrogen) atoms. The van der Waals surface area contributed by atoms with Gasteiger partial charge in [-0.3, -0.25) is 4.79 Å². The summed E-state index contributed by atoms with van der Waals surface area (Å²) in [7, 11) is 0. The number of hydrogen-bond donors (Lipinski definition) is 1. The van der Waals surface area contributed by atoms with Crippen molar-refractivity contribution in [3.05, 3.63) is 65.7 Å². The molecule has 1 unspecified atom stereocenters. The van der Waals surface area contributed by atoms with Gasteiger partial charge in [0.25, 0.3) is 0 Å². The van der Waals surface area contributed by atoms with E-state index in [-0.39, 0.29) is 5.82 Å². The highest BCUT2D eigenvalue weighted by Gasteiger charge is 2.19. The highest BCUT2D eigenvalue weighted by atomic mass is 19.1. The zero-order valence-corrected chi connectivity index (χ0v) is 11.8. The van der Waals surface area contributed by atoms with Crippen molar-refractivity contribution in [2.75, 3.05) is 6.61 Å². The Hall–Kier alpha value is -2.43. The van der Waals surface area contributed by atoms with Crippen LogP contribution in [-0.2, 0) is 4.79 Å². The molecule has 0 amide bonds. The number of carboxylic acids is 1. The van der Waals surface area contributed by atoms with Gasteiger partial charge < -0.3 is 9.84 Å². The SMILES string of the molecule is O=C(O)C(CCCOc1ccc(F)cc1)c1ccc(F)cc1. The van der Waals surface area contributed by atoms with Gasteiger partial charge in [0.05, 0.1) is 12.5 Å². The Bertz CT molecular complexity index is 609. The Morgan fingerprint density at radius 1 is 1.00 bits per heavy atom. The summed E-state index contributed by atoms with van der Waals surface area (Å²) in [6.45, 7) is 0.330. The lowest BCUT2D eigenvalue weighted by molar-refractivity contribution is -0.139. The fourth-order valence-corrected chi connectivity index (χ4v) is 2.14. The minimum Gasteiger partial charge on any atom is -0.494 e. The van der Waals surface area contributed by atoms with E-state index in [1.165, 1.54) is 48.5 Å². The van der Waals surface area contributed by atoms with Crippen LogP contribution in [0, 0.1) is 11.6 Å². The van der Waals surface area contributed by atoms with Crippen molar-refractivity contribution in [1.82, 2.24) is 0 Å². The third-order valence-corrected chi connectivity index (χ3v) is 3.29. The smallest absolute Gasteiger partial charge is 0.310 e. The minimum absolute atomic E-state index is 0.330. The first-order valence-electron chi connectivity index (χ1n) is 6.93. The Labute approximate surface area is 127 Å². The van der Waals surface area contributed by atoms with E-state index in [0.29, 0.717) is 30.8 Å². The predicted molar refractivity (Wildman–Crippen MR) is 77.9 cm³/mol. The first kappa shape index (κ1) is 15.9. The van der Waals surface area contributed by atoms with E-state index < -0.39 is 17.7 Å². The summed E-state index contributed by atoms with van der Waals surface area (Å²) >= 11 is 0. The van der Waals surface area contributed by atoms with E-state index in [1.54, 1.807) is 0 Å². The summed E-state index contributed by atoms with van der Waals surface area (Å²) in [5, 5.41) is 9.27. The van der Waals surface area contributed by atoms with Gasteiger partial charge in [-0.15, -0.1) is 0 Å². The topological polar surface area (TPSA) is 46.5 Å². The molecule has 0 bridgehead atoms. The molecule has 0 aliphatic carbocycles. The predicted octanol–water partition coefficient (Wildman–Crippen LogP) is 3.99. The highest BCUT2D eigenvalue weighted by molar-refractivity contribution is 5.75. The number of rotatable bonds is 7. The first-order chi connectivity index (χ1) is 10.6. The second-order valence-electron chi connectivity index (χ2n) is 4.89. The number of carboxylic acid groups (broad SMARTS) is 1. The Morgan fingerprint density at radius 3 is 2.09 bits per heavy atom. The lowest BCUT2D eigenvalue weighted by atomic mass is 9.94. The van der Waals surface area contributed by atoms with Gasteiger partial charge in [0.15, 0.2) is 0 Å². The van der Waals surface area contributed by atoms with Gasteiger partial charge in [-0.2, -0.15) is 0 Å². The number of aliphatic carboxylic acids is 1. The molecule has 0 aliphatic rings. The van der Waals surface area contributed by atoms with E-state index in [1.807, 2.05) is 0 Å². The summed E-state index contributed by atoms with van der Waals surface area (Å²) in [4.78, 5) is 11.3. The van der Waals surface area contributed by atoms with Crippen molar-refractivity contribution < 1.29 is 23.4 Å². The number of hydrogen-bond acceptors (Lipinski definition) is 2. The fraction of sp³-hybridized carbons (Fsp3) is 0.235. The maximum atomic E-state index is 12.9. The van der Waals surface area contributed by atoms with Crippen molar-refractivity contribution in [1.29, 1.82) is 0 Å². The minimum atomic E-state index is -0.951. The average molecular weight is 306 g/mol. The second-order valence-corrected chi connectivity index (χ2v) is 4.89. The normalized spacial score (nSPS) is 11.9. The zero-order chi connectivity index (χ0) is 15.9. The molecule has 2 rings (SSSR count). The molecule has 0 spiro atoms. The number of carbonyl (C=O) groups is 1. The van der Waals surface area contributed by atoms with Gasteiger partial charge in [0.2, 0.25) is 0 Å². The quantitative estimate of drug-likeness (QED) is 0.787. The number of halogens is 2. The molecule has 1 N–H and O–H groups in total. The van der Waals surface area contributed by atoms with Crippen LogP contribution in [0.2, 0.25) is 0 Å². The van der Waals surface area contributed by atoms with E-state index in [4.69, 9.17) is 4.74 Å². The molecule has 0 aliphatic heterocycles. The van der Waals surface area contributed by atoms with E-state index in [2.05, 4.69) is 0 Å². The molecule has 1 atom stereocenters. The van der Waals surface area contributed by atoms with Gasteiger partial charge in [-0.05, 0) is 54.8 Å². The summed E-state index contributed by atoms with van der Waals surface area (Å²) < 4.78 is 31.0. The molecule has 0 fully saturated rings. The molecule has 0 saturated heterocycles. The third-order valence-electron chi connectivity index (χ3n) is 3.29. The molecule has 116 valence electrons. The lowest BCUT2D eigenvalue weighted by Gasteiger charge is -2.13. The molecule has 0 saturated carbocycles. The van der Waals surface area contributed by atoms with Gasteiger partial charge in [0, 0.05) is 0 Å². The van der Waals surface area contributed by atoms with Crippen LogP contribution in [0.15, 0.2) is 48.5 Å². The van der Waals surface area contributed by atoms with E-state index in [9.17, 15) is 18.7 Å². The van der Waals surface area contributed by atoms with Crippen LogP contribution in [0.3, 0.4) is 0 Å². The summed E-state index contributed by atoms with van der Waals surface area (Å²) in [6.07, 6.45) is 0.897. The van der Waals surface area contributed by atoms with Crippen molar-refractivity contribution in [3.63, 3.8) is 0 Å². The Balaban J connectivity index is 1.86. The highest BCUT2D eigenvalue weighted by Crippen LogP contribution is 2.22. The largest absolute Gasteiger partial charge is 0.494 e. The third kappa shape index (κ3) is 4.55. The Morgan fingerprint density at radius 2 is 1.55 bits per heavy atom. The average Bonchev–Trinajstić information content (AvgIpc) is 2.50. The summed E-state index contributed by atoms with van der Waals surface area (Å²) in [6, 6.07) is 11.1. The lowest BCUT2D eigenvalue weighted by Crippen LogP contribution is -2.13. The molecule has 0 heterocycles. The van der Waals surface area contributed by atoms with Crippen LogP contribution < -0.4 is 4.74 Å². The van der Waals surface area contributed by atoms with Crippen LogP contribution in [-0.4, -0.2) is 17.7 Å². The molecule has 2 aromatic rings. The van der Waals surface area contributed by atoms with Gasteiger partial charge in [0.1, 0.15) is 17.4 Å². The summed E-state index contributed by atoms with van der Waals surface area (Å²) in [5.74, 6) is -1.84. The molecule has 0 aromatic heterocycles. The summed E-state index contributed by atoms with van der Waals surface area (Å²) in [5.41, 5.74) is 0.565. The van der Waals surface area contributed by atoms with Gasteiger partial charge in [-0.25, -0.2) is 8.78 Å². The van der Waals surface area contributed by atoms with E-state index in [0.717, 1.165) is 0 Å². The maximum absolute atomic E-state index is 12.9. The molecular weight excluding hydrogens is 290 g/mol. The molecule has 5 heteroatoms. The fourth-order valence-electron chi connectivity index (χ4n) is 2.14. The standard InChI is InChI=1S/C17H16F2O3/c18-13-5-3-12(4-6-13)16(17(20)21)2-1-11-22-15-9-7-14(19)8-10-15/h3-10,16H,1-2,11H2,(H,20,21). The van der Waals surface area contributed by atoms with Crippen molar-refractivity contribution in [2.24, 2.45) is 0 Å². The van der Waals surface area contributed by atoms with Crippen LogP contribution in [0.25, 0.3) is 0 Å². The first-order valence-corrected chi connectivity index (χ1v) is 6.93. The van der Waals surface area contributed by atoms with Crippen LogP contribution in [0.1, 0.15) is 24.3 Å². The van der Waals surface area contributed by atoms with Crippen LogP contribution >= 0.6 is 0 Å². The van der Waals surface area contributed by atoms with Crippen LogP contribution in [0.5, 0.6) is 5.75 Å². The van der Waals surface area contributed by atoms with Crippen molar-refractivity contribution in [2.45, 2.75) is 18.8 Å². The van der Waals surface area contributed by atoms with Gasteiger partial charge >= 0.3 is 5.97 Å². The molecule has 0 radical (unpaired) electrons. The van der Waals surface area contributed by atoms with Crippen molar-refractivity contribution in [3.8, 4) is 5.75 Å². The zero-order valence-electron chi connectivity index (χ0n) is 11.8. The monoisotopic (exact) mass is 306 g/mol. The molecular formula is C17H16F2O3. The van der Waals surface area contributed by atoms with Crippen LogP contribution in [0.4, 0.5) is 8.78 Å². The Kier molecular flexibility index (Phi) is 5.47. The van der Waals surface area contributed by atoms with E-state index >= 15 is 0 Å². The molecule has 2 aromatic carbocycles. The maximum Gasteiger partial charge on any atom is 0.310 e. The second kappa shape index (κ2) is 7.54. The van der Waals surface area contributed by atoms with Crippen molar-refractivity contribution >= 4 is 5.97 Å². The molecule has 3 nitrogen and oxygen atoms in total. The number of benzene rings is 2.